The number of carbonyl (C=O) groups excluding carboxylic acids is 3. The van der Waals surface area contributed by atoms with Crippen molar-refractivity contribution in [2.24, 2.45) is 5.92 Å². The van der Waals surface area contributed by atoms with Gasteiger partial charge in [0.1, 0.15) is 5.82 Å². The molecule has 0 aromatic heterocycles. The van der Waals surface area contributed by atoms with E-state index in [9.17, 15) is 18.8 Å². The molecule has 1 fully saturated rings. The number of hydrogen-bond donors (Lipinski definition) is 1. The van der Waals surface area contributed by atoms with Gasteiger partial charge in [-0.3, -0.25) is 14.4 Å². The lowest BCUT2D eigenvalue weighted by Crippen LogP contribution is -2.30. The van der Waals surface area contributed by atoms with Crippen molar-refractivity contribution >= 4 is 35.1 Å². The summed E-state index contributed by atoms with van der Waals surface area (Å²) in [6.07, 6.45) is 0.0468. The maximum absolute atomic E-state index is 13.1. The number of nitrogens with zero attached hydrogens (tertiary/aromatic N) is 1. The molecular weight excluding hydrogens is 399 g/mol. The minimum absolute atomic E-state index is 0.0468. The fraction of sp³-hybridized carbons (Fsp3) is 0.286. The third-order valence-corrected chi connectivity index (χ3v) is 5.08. The lowest BCUT2D eigenvalue weighted by Gasteiger charge is -2.25. The molecule has 6 nitrogen and oxygen atoms in total. The van der Waals surface area contributed by atoms with Crippen LogP contribution in [0.25, 0.3) is 0 Å². The summed E-state index contributed by atoms with van der Waals surface area (Å²) >= 11 is 5.66. The molecule has 1 saturated heterocycles. The zero-order chi connectivity index (χ0) is 21.0. The molecule has 2 aromatic carbocycles. The Balaban J connectivity index is 1.51. The first-order valence-corrected chi connectivity index (χ1v) is 9.49. The molecule has 1 N–H and O–H groups in total. The molecule has 0 spiro atoms. The Morgan fingerprint density at radius 1 is 1.28 bits per heavy atom. The van der Waals surface area contributed by atoms with Crippen LogP contribution in [0.5, 0.6) is 0 Å². The van der Waals surface area contributed by atoms with Gasteiger partial charge in [-0.2, -0.15) is 0 Å². The summed E-state index contributed by atoms with van der Waals surface area (Å²) in [5, 5.41) is 2.34. The van der Waals surface area contributed by atoms with E-state index in [1.165, 1.54) is 12.1 Å². The Hall–Kier alpha value is -2.93. The molecular formula is C21H20ClFN2O4. The minimum atomic E-state index is -0.623. The Morgan fingerprint density at radius 3 is 2.69 bits per heavy atom. The Morgan fingerprint density at radius 2 is 2.00 bits per heavy atom. The van der Waals surface area contributed by atoms with Crippen molar-refractivity contribution < 1.29 is 23.5 Å². The number of esters is 1. The molecule has 2 atom stereocenters. The lowest BCUT2D eigenvalue weighted by molar-refractivity contribution is -0.151. The van der Waals surface area contributed by atoms with Gasteiger partial charge in [0.25, 0.3) is 5.91 Å². The molecule has 3 rings (SSSR count). The number of hydrogen-bond acceptors (Lipinski definition) is 4. The highest BCUT2D eigenvalue weighted by molar-refractivity contribution is 6.31. The molecule has 0 unspecified atom stereocenters. The van der Waals surface area contributed by atoms with Crippen molar-refractivity contribution in [3.05, 3.63) is 64.9 Å². The number of anilines is 1. The number of rotatable bonds is 6. The molecule has 0 radical (unpaired) electrons. The minimum Gasteiger partial charge on any atom is -0.455 e. The lowest BCUT2D eigenvalue weighted by atomic mass is 10.1. The van der Waals surface area contributed by atoms with Crippen molar-refractivity contribution in [3.63, 3.8) is 0 Å². The summed E-state index contributed by atoms with van der Waals surface area (Å²) in [5.74, 6) is -2.54. The third-order valence-electron chi connectivity index (χ3n) is 4.79. The molecule has 8 heteroatoms. The van der Waals surface area contributed by atoms with Crippen LogP contribution < -0.4 is 5.32 Å². The topological polar surface area (TPSA) is 75.7 Å². The van der Waals surface area contributed by atoms with Crippen LogP contribution in [0.15, 0.2) is 48.5 Å². The highest BCUT2D eigenvalue weighted by Crippen LogP contribution is 2.29. The van der Waals surface area contributed by atoms with E-state index in [1.807, 2.05) is 37.3 Å². The zero-order valence-corrected chi connectivity index (χ0v) is 16.5. The number of carbonyl (C=O) groups is 3. The molecule has 2 aromatic rings. The number of ether oxygens (including phenoxy) is 1. The molecule has 1 aliphatic heterocycles. The van der Waals surface area contributed by atoms with E-state index in [4.69, 9.17) is 16.3 Å². The predicted molar refractivity (Wildman–Crippen MR) is 106 cm³/mol. The summed E-state index contributed by atoms with van der Waals surface area (Å²) in [5.41, 5.74) is 1.27. The quantitative estimate of drug-likeness (QED) is 0.728. The van der Waals surface area contributed by atoms with Gasteiger partial charge in [-0.15, -0.1) is 0 Å². The van der Waals surface area contributed by atoms with Crippen molar-refractivity contribution in [1.29, 1.82) is 0 Å². The maximum Gasteiger partial charge on any atom is 0.311 e. The molecule has 0 bridgehead atoms. The summed E-state index contributed by atoms with van der Waals surface area (Å²) < 4.78 is 18.2. The Kier molecular flexibility index (Phi) is 6.49. The predicted octanol–water partition coefficient (Wildman–Crippen LogP) is 3.57. The van der Waals surface area contributed by atoms with Crippen LogP contribution in [0.3, 0.4) is 0 Å². The Bertz CT molecular complexity index is 922. The van der Waals surface area contributed by atoms with Crippen molar-refractivity contribution in [2.45, 2.75) is 19.4 Å². The summed E-state index contributed by atoms with van der Waals surface area (Å²) in [4.78, 5) is 38.2. The van der Waals surface area contributed by atoms with Crippen molar-refractivity contribution in [2.75, 3.05) is 18.5 Å². The number of likely N-dealkylation sites (tertiary alicyclic amines) is 1. The molecule has 0 aliphatic carbocycles. The van der Waals surface area contributed by atoms with E-state index in [0.717, 1.165) is 11.6 Å². The average molecular weight is 419 g/mol. The van der Waals surface area contributed by atoms with E-state index >= 15 is 0 Å². The standard InChI is InChI=1S/C21H20ClFN2O4/c1-13(14-5-3-2-4-6-14)25-11-15(9-20(25)27)21(28)29-12-19(26)24-16-7-8-18(23)17(22)10-16/h2-8,10,13,15H,9,11-12H2,1H3,(H,24,26)/t13-,15-/m0/s1. The van der Waals surface area contributed by atoms with E-state index < -0.39 is 30.2 Å². The SMILES string of the molecule is C[C@@H](c1ccccc1)N1C[C@@H](C(=O)OCC(=O)Nc2ccc(F)c(Cl)c2)CC1=O. The summed E-state index contributed by atoms with van der Waals surface area (Å²) in [6.45, 7) is 1.64. The molecule has 1 aliphatic rings. The number of nitrogens with one attached hydrogen (secondary N) is 1. The second-order valence-corrected chi connectivity index (χ2v) is 7.23. The monoisotopic (exact) mass is 418 g/mol. The second-order valence-electron chi connectivity index (χ2n) is 6.82. The fourth-order valence-electron chi connectivity index (χ4n) is 3.20. The number of amides is 2. The highest BCUT2D eigenvalue weighted by Gasteiger charge is 2.38. The van der Waals surface area contributed by atoms with E-state index in [0.29, 0.717) is 0 Å². The molecule has 2 amide bonds. The zero-order valence-electron chi connectivity index (χ0n) is 15.7. The smallest absolute Gasteiger partial charge is 0.311 e. The van der Waals surface area contributed by atoms with E-state index in [1.54, 1.807) is 4.90 Å². The highest BCUT2D eigenvalue weighted by atomic mass is 35.5. The fourth-order valence-corrected chi connectivity index (χ4v) is 3.38. The first-order valence-electron chi connectivity index (χ1n) is 9.11. The summed E-state index contributed by atoms with van der Waals surface area (Å²) in [6, 6.07) is 13.1. The van der Waals surface area contributed by atoms with Crippen LogP contribution in [0.1, 0.15) is 24.9 Å². The summed E-state index contributed by atoms with van der Waals surface area (Å²) in [7, 11) is 0. The van der Waals surface area contributed by atoms with Gasteiger partial charge in [0.15, 0.2) is 6.61 Å². The van der Waals surface area contributed by atoms with Crippen LogP contribution in [0.2, 0.25) is 5.02 Å². The first-order chi connectivity index (χ1) is 13.8. The van der Waals surface area contributed by atoms with Gasteiger partial charge in [-0.25, -0.2) is 4.39 Å². The molecule has 0 saturated carbocycles. The normalized spacial score (nSPS) is 17.1. The van der Waals surface area contributed by atoms with Crippen LogP contribution in [-0.4, -0.2) is 35.8 Å². The van der Waals surface area contributed by atoms with Gasteiger partial charge >= 0.3 is 5.97 Å². The van der Waals surface area contributed by atoms with Gasteiger partial charge in [0.05, 0.1) is 17.0 Å². The van der Waals surface area contributed by atoms with Gasteiger partial charge in [-0.05, 0) is 30.7 Å². The van der Waals surface area contributed by atoms with Crippen LogP contribution >= 0.6 is 11.6 Å². The molecule has 29 heavy (non-hydrogen) atoms. The van der Waals surface area contributed by atoms with Crippen LogP contribution in [-0.2, 0) is 19.1 Å². The number of benzene rings is 2. The maximum atomic E-state index is 13.1. The van der Waals surface area contributed by atoms with Gasteiger partial charge in [-0.1, -0.05) is 41.9 Å². The first kappa shape index (κ1) is 20.8. The number of halogens is 2. The third kappa shape index (κ3) is 5.12. The van der Waals surface area contributed by atoms with Crippen LogP contribution in [0.4, 0.5) is 10.1 Å². The van der Waals surface area contributed by atoms with Crippen molar-refractivity contribution in [3.8, 4) is 0 Å². The second kappa shape index (κ2) is 9.05. The van der Waals surface area contributed by atoms with Gasteiger partial charge in [0.2, 0.25) is 5.91 Å². The van der Waals surface area contributed by atoms with Gasteiger partial charge < -0.3 is 15.0 Å². The molecule has 1 heterocycles. The largest absolute Gasteiger partial charge is 0.455 e. The van der Waals surface area contributed by atoms with Crippen molar-refractivity contribution in [1.82, 2.24) is 4.90 Å². The average Bonchev–Trinajstić information content (AvgIpc) is 3.11. The van der Waals surface area contributed by atoms with E-state index in [2.05, 4.69) is 5.32 Å². The Labute approximate surface area is 172 Å². The molecule has 152 valence electrons. The van der Waals surface area contributed by atoms with Crippen LogP contribution in [0, 0.1) is 11.7 Å². The van der Waals surface area contributed by atoms with E-state index in [-0.39, 0.29) is 35.6 Å². The van der Waals surface area contributed by atoms with Gasteiger partial charge in [0, 0.05) is 18.7 Å².